The molecule has 1 aromatic carbocycles. The third-order valence-electron chi connectivity index (χ3n) is 4.81. The van der Waals surface area contributed by atoms with Gasteiger partial charge in [0.05, 0.1) is 5.56 Å². The first-order valence-corrected chi connectivity index (χ1v) is 9.15. The molecule has 1 aliphatic rings. The van der Waals surface area contributed by atoms with E-state index in [-0.39, 0.29) is 18.0 Å². The summed E-state index contributed by atoms with van der Waals surface area (Å²) in [6.07, 6.45) is -2.78. The van der Waals surface area contributed by atoms with Crippen LogP contribution in [0.1, 0.15) is 28.4 Å². The summed E-state index contributed by atoms with van der Waals surface area (Å²) >= 11 is 0. The van der Waals surface area contributed by atoms with E-state index in [4.69, 9.17) is 0 Å². The van der Waals surface area contributed by atoms with Gasteiger partial charge in [0, 0.05) is 57.0 Å². The number of hydrogen-bond donors (Lipinski definition) is 1. The number of alkyl halides is 3. The maximum absolute atomic E-state index is 12.6. The van der Waals surface area contributed by atoms with Crippen LogP contribution in [0.2, 0.25) is 0 Å². The van der Waals surface area contributed by atoms with Gasteiger partial charge in [0.15, 0.2) is 0 Å². The van der Waals surface area contributed by atoms with E-state index in [0.29, 0.717) is 26.2 Å². The van der Waals surface area contributed by atoms with Crippen LogP contribution in [0.4, 0.5) is 19.0 Å². The van der Waals surface area contributed by atoms with Gasteiger partial charge in [-0.15, -0.1) is 0 Å². The Hall–Kier alpha value is -3.10. The van der Waals surface area contributed by atoms with Gasteiger partial charge in [0.1, 0.15) is 5.82 Å². The van der Waals surface area contributed by atoms with E-state index in [2.05, 4.69) is 15.2 Å². The molecule has 0 atom stereocenters. The summed E-state index contributed by atoms with van der Waals surface area (Å²) in [5.74, 6) is 0.299. The van der Waals surface area contributed by atoms with Crippen LogP contribution in [-0.4, -0.2) is 47.9 Å². The lowest BCUT2D eigenvalue weighted by molar-refractivity contribution is -0.137. The topological polar surface area (TPSA) is 65.5 Å². The van der Waals surface area contributed by atoms with Crippen molar-refractivity contribution in [3.63, 3.8) is 0 Å². The second-order valence-electron chi connectivity index (χ2n) is 6.74. The molecule has 1 N–H and O–H groups in total. The van der Waals surface area contributed by atoms with Crippen LogP contribution in [0.15, 0.2) is 42.6 Å². The Labute approximate surface area is 166 Å². The standard InChI is InChI=1S/C20H21F3N4O2/c1-14(28)26-9-11-27(12-10-26)18-16(3-2-8-24-18)13-25-19(29)15-4-6-17(7-5-15)20(21,22)23/h2-8H,9-13H2,1H3,(H,25,29). The smallest absolute Gasteiger partial charge is 0.353 e. The number of hydrogen-bond acceptors (Lipinski definition) is 4. The Morgan fingerprint density at radius 2 is 1.72 bits per heavy atom. The summed E-state index contributed by atoms with van der Waals surface area (Å²) < 4.78 is 37.9. The largest absolute Gasteiger partial charge is 0.416 e. The first-order valence-electron chi connectivity index (χ1n) is 9.15. The molecule has 1 aliphatic heterocycles. The molecule has 0 unspecified atom stereocenters. The molecule has 6 nitrogen and oxygen atoms in total. The van der Waals surface area contributed by atoms with Gasteiger partial charge in [-0.25, -0.2) is 4.98 Å². The molecule has 0 aliphatic carbocycles. The van der Waals surface area contributed by atoms with Gasteiger partial charge >= 0.3 is 6.18 Å². The van der Waals surface area contributed by atoms with Crippen LogP contribution >= 0.6 is 0 Å². The zero-order valence-electron chi connectivity index (χ0n) is 15.9. The van der Waals surface area contributed by atoms with Crippen molar-refractivity contribution in [3.05, 3.63) is 59.3 Å². The van der Waals surface area contributed by atoms with Gasteiger partial charge in [0.2, 0.25) is 5.91 Å². The van der Waals surface area contributed by atoms with E-state index in [1.54, 1.807) is 24.1 Å². The number of aromatic nitrogens is 1. The molecule has 1 aromatic heterocycles. The Morgan fingerprint density at radius 1 is 1.07 bits per heavy atom. The highest BCUT2D eigenvalue weighted by Gasteiger charge is 2.30. The van der Waals surface area contributed by atoms with E-state index in [1.165, 1.54) is 0 Å². The maximum atomic E-state index is 12.6. The summed E-state index contributed by atoms with van der Waals surface area (Å²) in [6.45, 7) is 4.20. The number of pyridine rings is 1. The molecule has 154 valence electrons. The van der Waals surface area contributed by atoms with E-state index >= 15 is 0 Å². The van der Waals surface area contributed by atoms with E-state index in [0.717, 1.165) is 35.6 Å². The second-order valence-corrected chi connectivity index (χ2v) is 6.74. The normalized spacial score (nSPS) is 14.6. The van der Waals surface area contributed by atoms with Crippen LogP contribution < -0.4 is 10.2 Å². The summed E-state index contributed by atoms with van der Waals surface area (Å²) in [4.78, 5) is 32.0. The molecular weight excluding hydrogens is 385 g/mol. The lowest BCUT2D eigenvalue weighted by Gasteiger charge is -2.35. The Morgan fingerprint density at radius 3 is 2.31 bits per heavy atom. The Bertz CT molecular complexity index is 876. The lowest BCUT2D eigenvalue weighted by atomic mass is 10.1. The summed E-state index contributed by atoms with van der Waals surface area (Å²) in [7, 11) is 0. The number of carbonyl (C=O) groups excluding carboxylic acids is 2. The second kappa shape index (κ2) is 8.50. The van der Waals surface area contributed by atoms with Crippen molar-refractivity contribution in [2.24, 2.45) is 0 Å². The van der Waals surface area contributed by atoms with E-state index < -0.39 is 17.6 Å². The van der Waals surface area contributed by atoms with Gasteiger partial charge in [-0.2, -0.15) is 13.2 Å². The van der Waals surface area contributed by atoms with Crippen molar-refractivity contribution in [3.8, 4) is 0 Å². The first-order chi connectivity index (χ1) is 13.8. The fourth-order valence-corrected chi connectivity index (χ4v) is 3.17. The summed E-state index contributed by atoms with van der Waals surface area (Å²) in [6, 6.07) is 7.69. The minimum Gasteiger partial charge on any atom is -0.353 e. The molecule has 3 rings (SSSR count). The highest BCUT2D eigenvalue weighted by molar-refractivity contribution is 5.94. The quantitative estimate of drug-likeness (QED) is 0.848. The zero-order chi connectivity index (χ0) is 21.0. The lowest BCUT2D eigenvalue weighted by Crippen LogP contribution is -2.48. The fraction of sp³-hybridized carbons (Fsp3) is 0.350. The number of nitrogens with one attached hydrogen (secondary N) is 1. The predicted octanol–water partition coefficient (Wildman–Crippen LogP) is 2.70. The van der Waals surface area contributed by atoms with Crippen LogP contribution in [0, 0.1) is 0 Å². The van der Waals surface area contributed by atoms with Crippen molar-refractivity contribution < 1.29 is 22.8 Å². The highest BCUT2D eigenvalue weighted by Crippen LogP contribution is 2.29. The van der Waals surface area contributed by atoms with Gasteiger partial charge in [0.25, 0.3) is 5.91 Å². The molecule has 1 fully saturated rings. The third kappa shape index (κ3) is 5.04. The first kappa shape index (κ1) is 20.6. The molecule has 29 heavy (non-hydrogen) atoms. The van der Waals surface area contributed by atoms with Crippen LogP contribution in [0.25, 0.3) is 0 Å². The van der Waals surface area contributed by atoms with Crippen molar-refractivity contribution in [2.45, 2.75) is 19.6 Å². The van der Waals surface area contributed by atoms with Crippen molar-refractivity contribution >= 4 is 17.6 Å². The summed E-state index contributed by atoms with van der Waals surface area (Å²) in [5.41, 5.74) is 0.149. The van der Waals surface area contributed by atoms with Crippen LogP contribution in [0.5, 0.6) is 0 Å². The van der Waals surface area contributed by atoms with Gasteiger partial charge in [-0.3, -0.25) is 9.59 Å². The van der Waals surface area contributed by atoms with Gasteiger partial charge in [-0.1, -0.05) is 6.07 Å². The Balaban J connectivity index is 1.64. The number of nitrogens with zero attached hydrogens (tertiary/aromatic N) is 3. The molecule has 0 saturated carbocycles. The minimum absolute atomic E-state index is 0.0368. The predicted molar refractivity (Wildman–Crippen MR) is 101 cm³/mol. The van der Waals surface area contributed by atoms with E-state index in [9.17, 15) is 22.8 Å². The molecule has 2 aromatic rings. The number of halogens is 3. The number of anilines is 1. The third-order valence-corrected chi connectivity index (χ3v) is 4.81. The van der Waals surface area contributed by atoms with Crippen molar-refractivity contribution in [1.29, 1.82) is 0 Å². The average molecular weight is 406 g/mol. The number of benzene rings is 1. The number of rotatable bonds is 4. The van der Waals surface area contributed by atoms with E-state index in [1.807, 2.05) is 6.07 Å². The van der Waals surface area contributed by atoms with Crippen LogP contribution in [-0.2, 0) is 17.5 Å². The number of carbonyl (C=O) groups is 2. The molecule has 2 heterocycles. The zero-order valence-corrected chi connectivity index (χ0v) is 15.9. The summed E-state index contributed by atoms with van der Waals surface area (Å²) in [5, 5.41) is 2.73. The minimum atomic E-state index is -4.44. The molecule has 2 amide bonds. The maximum Gasteiger partial charge on any atom is 0.416 e. The molecule has 9 heteroatoms. The monoisotopic (exact) mass is 406 g/mol. The van der Waals surface area contributed by atoms with Gasteiger partial charge < -0.3 is 15.1 Å². The SMILES string of the molecule is CC(=O)N1CCN(c2ncccc2CNC(=O)c2ccc(C(F)(F)F)cc2)CC1. The molecule has 0 spiro atoms. The Kier molecular flexibility index (Phi) is 6.05. The number of piperazine rings is 1. The fourth-order valence-electron chi connectivity index (χ4n) is 3.17. The molecular formula is C20H21F3N4O2. The average Bonchev–Trinajstić information content (AvgIpc) is 2.72. The molecule has 0 bridgehead atoms. The van der Waals surface area contributed by atoms with Crippen molar-refractivity contribution in [2.75, 3.05) is 31.1 Å². The van der Waals surface area contributed by atoms with Crippen molar-refractivity contribution in [1.82, 2.24) is 15.2 Å². The molecule has 1 saturated heterocycles. The van der Waals surface area contributed by atoms with Crippen LogP contribution in [0.3, 0.4) is 0 Å². The highest BCUT2D eigenvalue weighted by atomic mass is 19.4. The number of amides is 2. The molecule has 0 radical (unpaired) electrons. The van der Waals surface area contributed by atoms with Gasteiger partial charge in [-0.05, 0) is 30.3 Å².